The third-order valence-corrected chi connectivity index (χ3v) is 13.0. The molecule has 4 heteroatoms. The minimum atomic E-state index is 0.820. The third kappa shape index (κ3) is 6.07. The topological polar surface area (TPSA) is 24.9 Å². The largest absolute Gasteiger partial charge is 0.453 e. The number of fused-ring (bicyclic) bond motifs is 6. The molecule has 2 aliphatic rings. The van der Waals surface area contributed by atoms with E-state index in [0.717, 1.165) is 89.8 Å². The van der Waals surface area contributed by atoms with Crippen LogP contribution in [-0.4, -0.2) is 0 Å². The number of rotatable bonds is 6. The van der Waals surface area contributed by atoms with E-state index in [-0.39, 0.29) is 0 Å². The zero-order valence-corrected chi connectivity index (χ0v) is 35.8. The Morgan fingerprint density at radius 1 is 0.242 bits per heavy atom. The summed E-state index contributed by atoms with van der Waals surface area (Å²) in [5.74, 6) is 3.28. The number of para-hydroxylation sites is 8. The minimum absolute atomic E-state index is 0.820. The van der Waals surface area contributed by atoms with E-state index in [4.69, 9.17) is 9.47 Å². The molecular weight excluding hydrogens is 805 g/mol. The molecule has 2 aliphatic heterocycles. The van der Waals surface area contributed by atoms with Gasteiger partial charge in [0, 0.05) is 11.4 Å². The van der Waals surface area contributed by atoms with Crippen LogP contribution in [0.3, 0.4) is 0 Å². The Hall–Kier alpha value is -8.86. The van der Waals surface area contributed by atoms with Gasteiger partial charge in [0.05, 0.1) is 22.7 Å². The van der Waals surface area contributed by atoms with Crippen LogP contribution in [0.5, 0.6) is 23.0 Å². The molecule has 0 saturated heterocycles. The molecule has 0 atom stereocenters. The van der Waals surface area contributed by atoms with E-state index in [2.05, 4.69) is 228 Å². The zero-order chi connectivity index (χ0) is 43.6. The van der Waals surface area contributed by atoms with E-state index in [9.17, 15) is 0 Å². The molecule has 66 heavy (non-hydrogen) atoms. The lowest BCUT2D eigenvalue weighted by atomic mass is 9.82. The van der Waals surface area contributed by atoms with Crippen LogP contribution >= 0.6 is 0 Å². The molecule has 0 saturated carbocycles. The first-order valence-corrected chi connectivity index (χ1v) is 22.4. The second-order valence-corrected chi connectivity index (χ2v) is 16.8. The van der Waals surface area contributed by atoms with Crippen molar-refractivity contribution in [3.8, 4) is 67.5 Å². The number of benzene rings is 11. The first-order chi connectivity index (χ1) is 32.8. The van der Waals surface area contributed by atoms with E-state index >= 15 is 0 Å². The predicted molar refractivity (Wildman–Crippen MR) is 273 cm³/mol. The molecule has 0 amide bonds. The van der Waals surface area contributed by atoms with Crippen molar-refractivity contribution in [1.82, 2.24) is 0 Å². The van der Waals surface area contributed by atoms with Crippen LogP contribution in [0.25, 0.3) is 66.1 Å². The standard InChI is InChI=1S/C62H40N2O2/c1-3-19-41(20-4-1)45-23-7-9-25-47(45)61-49-37-35-44(64-55-29-13-17-33-59(55)66-60-34-18-14-30-56(60)64)40-52(49)62(48-26-10-8-24-46(48)42-21-5-2-6-22-42)50-38-36-43(39-51(50)61)63-53-27-11-15-31-57(53)65-58-32-16-12-28-54(58)63/h1-40H. The van der Waals surface area contributed by atoms with Crippen molar-refractivity contribution < 1.29 is 9.47 Å². The normalized spacial score (nSPS) is 12.4. The van der Waals surface area contributed by atoms with Gasteiger partial charge in [-0.2, -0.15) is 0 Å². The van der Waals surface area contributed by atoms with Crippen molar-refractivity contribution in [3.05, 3.63) is 243 Å². The molecule has 0 bridgehead atoms. The van der Waals surface area contributed by atoms with E-state index < -0.39 is 0 Å². The van der Waals surface area contributed by atoms with Gasteiger partial charge in [0.15, 0.2) is 23.0 Å². The molecule has 4 nitrogen and oxygen atoms in total. The van der Waals surface area contributed by atoms with Crippen LogP contribution in [0, 0.1) is 0 Å². The minimum Gasteiger partial charge on any atom is -0.453 e. The number of ether oxygens (including phenoxy) is 2. The van der Waals surface area contributed by atoms with Gasteiger partial charge in [0.25, 0.3) is 0 Å². The first-order valence-electron chi connectivity index (χ1n) is 22.4. The molecule has 13 rings (SSSR count). The van der Waals surface area contributed by atoms with Crippen LogP contribution in [0.2, 0.25) is 0 Å². The maximum atomic E-state index is 6.52. The fourth-order valence-electron chi connectivity index (χ4n) is 10.2. The predicted octanol–water partition coefficient (Wildman–Crippen LogP) is 17.8. The quantitative estimate of drug-likeness (QED) is 0.156. The van der Waals surface area contributed by atoms with Gasteiger partial charge in [0.2, 0.25) is 0 Å². The van der Waals surface area contributed by atoms with Crippen molar-refractivity contribution in [1.29, 1.82) is 0 Å². The summed E-state index contributed by atoms with van der Waals surface area (Å²) in [7, 11) is 0. The summed E-state index contributed by atoms with van der Waals surface area (Å²) in [5, 5.41) is 4.61. The van der Waals surface area contributed by atoms with Crippen LogP contribution in [-0.2, 0) is 0 Å². The average molecular weight is 845 g/mol. The Bertz CT molecular complexity index is 3340. The molecule has 310 valence electrons. The average Bonchev–Trinajstić information content (AvgIpc) is 3.39. The SMILES string of the molecule is c1ccc(-c2ccccc2-c2c3ccc(N4c5ccccc5Oc5ccccc54)cc3c(-c3ccccc3-c3ccccc3)c3ccc(N4c5ccccc5Oc5ccccc54)cc23)cc1. The Morgan fingerprint density at radius 2 is 0.545 bits per heavy atom. The molecule has 0 spiro atoms. The van der Waals surface area contributed by atoms with E-state index in [1.165, 1.54) is 33.4 Å². The first kappa shape index (κ1) is 37.7. The number of hydrogen-bond acceptors (Lipinski definition) is 4. The van der Waals surface area contributed by atoms with Crippen molar-refractivity contribution >= 4 is 55.7 Å². The van der Waals surface area contributed by atoms with Gasteiger partial charge >= 0.3 is 0 Å². The lowest BCUT2D eigenvalue weighted by Gasteiger charge is -2.34. The maximum Gasteiger partial charge on any atom is 0.151 e. The van der Waals surface area contributed by atoms with Gasteiger partial charge < -0.3 is 19.3 Å². The molecule has 0 N–H and O–H groups in total. The monoisotopic (exact) mass is 844 g/mol. The Morgan fingerprint density at radius 3 is 0.909 bits per heavy atom. The van der Waals surface area contributed by atoms with Gasteiger partial charge in [-0.15, -0.1) is 0 Å². The highest BCUT2D eigenvalue weighted by atomic mass is 16.5. The van der Waals surface area contributed by atoms with Crippen molar-refractivity contribution in [2.24, 2.45) is 0 Å². The molecule has 0 aromatic heterocycles. The fourth-order valence-corrected chi connectivity index (χ4v) is 10.2. The van der Waals surface area contributed by atoms with Crippen LogP contribution in [0.15, 0.2) is 243 Å². The van der Waals surface area contributed by atoms with E-state index in [1.54, 1.807) is 0 Å². The molecule has 11 aromatic rings. The molecule has 11 aromatic carbocycles. The summed E-state index contributed by atoms with van der Waals surface area (Å²) in [5.41, 5.74) is 15.4. The summed E-state index contributed by atoms with van der Waals surface area (Å²) >= 11 is 0. The summed E-state index contributed by atoms with van der Waals surface area (Å²) < 4.78 is 13.0. The number of nitrogens with zero attached hydrogens (tertiary/aromatic N) is 2. The second-order valence-electron chi connectivity index (χ2n) is 16.8. The molecule has 2 heterocycles. The maximum absolute atomic E-state index is 6.52. The molecular formula is C62H40N2O2. The van der Waals surface area contributed by atoms with E-state index in [1.807, 2.05) is 24.3 Å². The second kappa shape index (κ2) is 15.4. The highest BCUT2D eigenvalue weighted by Crippen LogP contribution is 2.55. The van der Waals surface area contributed by atoms with Crippen LogP contribution in [0.4, 0.5) is 34.1 Å². The lowest BCUT2D eigenvalue weighted by molar-refractivity contribution is 0.477. The fraction of sp³-hybridized carbons (Fsp3) is 0. The van der Waals surface area contributed by atoms with Gasteiger partial charge in [-0.3, -0.25) is 0 Å². The smallest absolute Gasteiger partial charge is 0.151 e. The summed E-state index contributed by atoms with van der Waals surface area (Å²) in [4.78, 5) is 4.69. The van der Waals surface area contributed by atoms with Crippen molar-refractivity contribution in [2.75, 3.05) is 9.80 Å². The Balaban J connectivity index is 1.18. The number of anilines is 6. The van der Waals surface area contributed by atoms with Crippen LogP contribution < -0.4 is 19.3 Å². The molecule has 0 aliphatic carbocycles. The molecule has 0 radical (unpaired) electrons. The van der Waals surface area contributed by atoms with Crippen LogP contribution in [0.1, 0.15) is 0 Å². The third-order valence-electron chi connectivity index (χ3n) is 13.0. The molecule has 0 fully saturated rings. The Kier molecular flexibility index (Phi) is 8.81. The number of hydrogen-bond donors (Lipinski definition) is 0. The van der Waals surface area contributed by atoms with Gasteiger partial charge in [-0.25, -0.2) is 0 Å². The van der Waals surface area contributed by atoms with E-state index in [0.29, 0.717) is 0 Å². The summed E-state index contributed by atoms with van der Waals surface area (Å²) in [6.45, 7) is 0. The highest BCUT2D eigenvalue weighted by Gasteiger charge is 2.30. The summed E-state index contributed by atoms with van der Waals surface area (Å²) in [6, 6.07) is 86.6. The van der Waals surface area contributed by atoms with Gasteiger partial charge in [-0.1, -0.05) is 170 Å². The van der Waals surface area contributed by atoms with Crippen molar-refractivity contribution in [3.63, 3.8) is 0 Å². The molecule has 0 unspecified atom stereocenters. The van der Waals surface area contributed by atoms with Gasteiger partial charge in [0.1, 0.15) is 0 Å². The van der Waals surface area contributed by atoms with Crippen molar-refractivity contribution in [2.45, 2.75) is 0 Å². The highest BCUT2D eigenvalue weighted by molar-refractivity contribution is 6.24. The zero-order valence-electron chi connectivity index (χ0n) is 35.8. The Labute approximate surface area is 383 Å². The summed E-state index contributed by atoms with van der Waals surface area (Å²) in [6.07, 6.45) is 0. The van der Waals surface area contributed by atoms with Gasteiger partial charge in [-0.05, 0) is 139 Å². The lowest BCUT2D eigenvalue weighted by Crippen LogP contribution is -2.16.